The molecule has 2 rings (SSSR count). The van der Waals surface area contributed by atoms with Crippen molar-refractivity contribution in [1.82, 2.24) is 0 Å². The molecule has 0 saturated carbocycles. The third kappa shape index (κ3) is 5.75. The highest BCUT2D eigenvalue weighted by Crippen LogP contribution is 2.24. The van der Waals surface area contributed by atoms with Gasteiger partial charge in [-0.05, 0) is 31.8 Å². The van der Waals surface area contributed by atoms with Crippen molar-refractivity contribution in [2.24, 2.45) is 0 Å². The molecule has 0 atom stereocenters. The van der Waals surface area contributed by atoms with Crippen molar-refractivity contribution in [3.05, 3.63) is 47.0 Å². The number of hydrogen-bond donors (Lipinski definition) is 1. The monoisotopic (exact) mass is 334 g/mol. The number of Topliss-reactive ketones (excluding diaryl/α,β-unsaturated/α-hetero) is 1. The van der Waals surface area contributed by atoms with E-state index in [0.717, 1.165) is 38.5 Å². The van der Waals surface area contributed by atoms with Crippen molar-refractivity contribution in [2.75, 3.05) is 6.61 Å². The van der Waals surface area contributed by atoms with Crippen molar-refractivity contribution in [3.8, 4) is 23.7 Å². The summed E-state index contributed by atoms with van der Waals surface area (Å²) in [7, 11) is 0. The van der Waals surface area contributed by atoms with Crippen LogP contribution in [0.2, 0.25) is 0 Å². The van der Waals surface area contributed by atoms with Crippen molar-refractivity contribution >= 4 is 11.6 Å². The lowest BCUT2D eigenvalue weighted by Crippen LogP contribution is -2.16. The van der Waals surface area contributed by atoms with Crippen molar-refractivity contribution in [3.63, 3.8) is 0 Å². The molecular weight excluding hydrogens is 312 g/mol. The molecule has 1 aromatic rings. The largest absolute Gasteiger partial charge is 0.384 e. The number of aliphatic hydroxyl groups excluding tert-OH is 1. The van der Waals surface area contributed by atoms with E-state index in [0.29, 0.717) is 23.1 Å². The van der Waals surface area contributed by atoms with Gasteiger partial charge in [-0.2, -0.15) is 0 Å². The van der Waals surface area contributed by atoms with Crippen LogP contribution in [-0.2, 0) is 0 Å². The predicted octanol–water partition coefficient (Wildman–Crippen LogP) is 3.72. The van der Waals surface area contributed by atoms with E-state index in [2.05, 4.69) is 23.7 Å². The summed E-state index contributed by atoms with van der Waals surface area (Å²) in [6.07, 6.45) is 7.18. The van der Waals surface area contributed by atoms with Gasteiger partial charge in [-0.25, -0.2) is 0 Å². The van der Waals surface area contributed by atoms with Gasteiger partial charge in [0.05, 0.1) is 0 Å². The van der Waals surface area contributed by atoms with Crippen molar-refractivity contribution in [2.45, 2.75) is 44.9 Å². The van der Waals surface area contributed by atoms with Crippen LogP contribution in [0, 0.1) is 23.7 Å². The third-order valence-electron chi connectivity index (χ3n) is 3.96. The van der Waals surface area contributed by atoms with Gasteiger partial charge in [-0.15, -0.1) is 17.8 Å². The summed E-state index contributed by atoms with van der Waals surface area (Å²) in [4.78, 5) is 24.5. The van der Waals surface area contributed by atoms with E-state index in [9.17, 15) is 9.59 Å². The molecule has 3 nitrogen and oxygen atoms in total. The van der Waals surface area contributed by atoms with Crippen LogP contribution in [0.15, 0.2) is 35.9 Å². The van der Waals surface area contributed by atoms with Crippen molar-refractivity contribution in [1.29, 1.82) is 0 Å². The number of benzene rings is 1. The van der Waals surface area contributed by atoms with Gasteiger partial charge in [0.15, 0.2) is 11.6 Å². The second-order valence-corrected chi connectivity index (χ2v) is 5.83. The molecule has 0 fully saturated rings. The van der Waals surface area contributed by atoms with Gasteiger partial charge >= 0.3 is 0 Å². The fourth-order valence-electron chi connectivity index (χ4n) is 2.67. The minimum absolute atomic E-state index is 0.0229. The van der Waals surface area contributed by atoms with E-state index >= 15 is 0 Å². The zero-order valence-electron chi connectivity index (χ0n) is 14.3. The molecule has 0 unspecified atom stereocenters. The third-order valence-corrected chi connectivity index (χ3v) is 3.96. The van der Waals surface area contributed by atoms with E-state index in [1.54, 1.807) is 24.3 Å². The van der Waals surface area contributed by atoms with Crippen LogP contribution in [0.4, 0.5) is 0 Å². The standard InChI is InChI=1S/C22H22O3/c23-16-12-8-6-4-2-1-3-5-7-9-13-18-17-21(24)19-14-10-11-15-20(19)22(18)25/h10-11,14-15,17,23H,2,4-7,9,13,16H2. The molecule has 0 spiro atoms. The lowest BCUT2D eigenvalue weighted by molar-refractivity contribution is 0.0981. The van der Waals surface area contributed by atoms with E-state index in [1.807, 2.05) is 0 Å². The number of carbonyl (C=O) groups excluding carboxylic acids is 2. The number of allylic oxidation sites excluding steroid dienone is 2. The summed E-state index contributed by atoms with van der Waals surface area (Å²) in [5.41, 5.74) is 1.64. The van der Waals surface area contributed by atoms with Gasteiger partial charge in [-0.3, -0.25) is 9.59 Å². The molecule has 0 amide bonds. The highest BCUT2D eigenvalue weighted by atomic mass is 16.2. The van der Waals surface area contributed by atoms with E-state index < -0.39 is 0 Å². The highest BCUT2D eigenvalue weighted by molar-refractivity contribution is 6.24. The molecule has 0 radical (unpaired) electrons. The molecule has 0 heterocycles. The number of hydrogen-bond acceptors (Lipinski definition) is 3. The van der Waals surface area contributed by atoms with Crippen LogP contribution in [-0.4, -0.2) is 23.3 Å². The number of aliphatic hydroxyl groups is 1. The van der Waals surface area contributed by atoms with Crippen molar-refractivity contribution < 1.29 is 14.7 Å². The lowest BCUT2D eigenvalue weighted by Gasteiger charge is -2.14. The topological polar surface area (TPSA) is 54.4 Å². The Balaban J connectivity index is 1.69. The molecule has 0 aromatic heterocycles. The second kappa shape index (κ2) is 10.3. The number of unbranched alkanes of at least 4 members (excludes halogenated alkanes) is 4. The first-order valence-electron chi connectivity index (χ1n) is 8.65. The molecule has 0 saturated heterocycles. The fourth-order valence-corrected chi connectivity index (χ4v) is 2.67. The Kier molecular flexibility index (Phi) is 7.70. The molecular formula is C22H22O3. The number of fused-ring (bicyclic) bond motifs is 1. The molecule has 0 aliphatic heterocycles. The first-order chi connectivity index (χ1) is 12.2. The quantitative estimate of drug-likeness (QED) is 0.637. The number of ketones is 2. The molecule has 25 heavy (non-hydrogen) atoms. The smallest absolute Gasteiger partial charge is 0.189 e. The van der Waals surface area contributed by atoms with E-state index in [1.165, 1.54) is 6.08 Å². The Hall–Kier alpha value is -2.62. The summed E-state index contributed by atoms with van der Waals surface area (Å²) < 4.78 is 0. The Morgan fingerprint density at radius 3 is 2.16 bits per heavy atom. The molecule has 1 N–H and O–H groups in total. The number of rotatable bonds is 6. The van der Waals surface area contributed by atoms with Gasteiger partial charge in [0.25, 0.3) is 0 Å². The molecule has 128 valence electrons. The average molecular weight is 334 g/mol. The van der Waals surface area contributed by atoms with Gasteiger partial charge in [0.1, 0.15) is 6.61 Å². The fraction of sp³-hybridized carbons (Fsp3) is 0.364. The number of carbonyl (C=O) groups is 2. The maximum absolute atomic E-state index is 12.4. The minimum Gasteiger partial charge on any atom is -0.384 e. The van der Waals surface area contributed by atoms with Crippen LogP contribution in [0.3, 0.4) is 0 Å². The summed E-state index contributed by atoms with van der Waals surface area (Å²) in [6.45, 7) is -0.0815. The second-order valence-electron chi connectivity index (χ2n) is 5.83. The van der Waals surface area contributed by atoms with Gasteiger partial charge in [0, 0.05) is 36.0 Å². The van der Waals surface area contributed by atoms with E-state index in [4.69, 9.17) is 5.11 Å². The van der Waals surface area contributed by atoms with Gasteiger partial charge in [-0.1, -0.05) is 30.2 Å². The van der Waals surface area contributed by atoms with Crippen LogP contribution in [0.25, 0.3) is 0 Å². The zero-order valence-corrected chi connectivity index (χ0v) is 14.3. The summed E-state index contributed by atoms with van der Waals surface area (Å²) in [5.74, 6) is 11.6. The Bertz CT molecular complexity index is 779. The molecule has 1 aromatic carbocycles. The Morgan fingerprint density at radius 1 is 0.800 bits per heavy atom. The first kappa shape index (κ1) is 18.7. The summed E-state index contributed by atoms with van der Waals surface area (Å²) >= 11 is 0. The molecule has 3 heteroatoms. The maximum Gasteiger partial charge on any atom is 0.189 e. The normalized spacial score (nSPS) is 12.4. The van der Waals surface area contributed by atoms with E-state index in [-0.39, 0.29) is 18.2 Å². The lowest BCUT2D eigenvalue weighted by atomic mass is 9.87. The van der Waals surface area contributed by atoms with Crippen LogP contribution in [0.5, 0.6) is 0 Å². The van der Waals surface area contributed by atoms with Crippen LogP contribution >= 0.6 is 0 Å². The maximum atomic E-state index is 12.4. The summed E-state index contributed by atoms with van der Waals surface area (Å²) in [5, 5.41) is 8.52. The Labute approximate surface area is 149 Å². The van der Waals surface area contributed by atoms with Crippen LogP contribution < -0.4 is 0 Å². The predicted molar refractivity (Wildman–Crippen MR) is 98.1 cm³/mol. The van der Waals surface area contributed by atoms with Crippen LogP contribution in [0.1, 0.15) is 65.7 Å². The molecule has 1 aliphatic carbocycles. The Morgan fingerprint density at radius 2 is 1.44 bits per heavy atom. The average Bonchev–Trinajstić information content (AvgIpc) is 2.63. The molecule has 0 bridgehead atoms. The summed E-state index contributed by atoms with van der Waals surface area (Å²) in [6, 6.07) is 6.99. The zero-order chi connectivity index (χ0) is 17.9. The highest BCUT2D eigenvalue weighted by Gasteiger charge is 2.24. The minimum atomic E-state index is -0.0815. The van der Waals surface area contributed by atoms with Gasteiger partial charge in [0.2, 0.25) is 0 Å². The van der Waals surface area contributed by atoms with Gasteiger partial charge < -0.3 is 5.11 Å². The molecule has 1 aliphatic rings. The first-order valence-corrected chi connectivity index (χ1v) is 8.65. The SMILES string of the molecule is O=C1C=C(CCCCC#CCCCC#CCO)C(=O)c2ccccc21.